The van der Waals surface area contributed by atoms with Crippen LogP contribution in [0.3, 0.4) is 0 Å². The maximum Gasteiger partial charge on any atom is 0.222 e. The van der Waals surface area contributed by atoms with Crippen LogP contribution in [0.15, 0.2) is 12.1 Å². The lowest BCUT2D eigenvalue weighted by Gasteiger charge is -2.15. The number of carbonyl (C=O) groups excluding carboxylic acids is 1. The van der Waals surface area contributed by atoms with Crippen molar-refractivity contribution < 1.29 is 9.53 Å². The van der Waals surface area contributed by atoms with E-state index in [2.05, 4.69) is 26.0 Å². The number of nitrogens with two attached hydrogens (primary N) is 1. The van der Waals surface area contributed by atoms with E-state index in [0.29, 0.717) is 13.0 Å². The molecule has 0 fully saturated rings. The van der Waals surface area contributed by atoms with Crippen molar-refractivity contribution >= 4 is 5.91 Å². The summed E-state index contributed by atoms with van der Waals surface area (Å²) in [5.41, 5.74) is 9.35. The minimum Gasteiger partial charge on any atom is -0.493 e. The topological polar surface area (TPSA) is 55.6 Å². The predicted octanol–water partition coefficient (Wildman–Crippen LogP) is 2.44. The average molecular weight is 292 g/mol. The van der Waals surface area contributed by atoms with Gasteiger partial charge in [0.15, 0.2) is 0 Å². The first-order chi connectivity index (χ1) is 9.81. The van der Waals surface area contributed by atoms with Gasteiger partial charge in [0.1, 0.15) is 5.75 Å². The first-order valence-corrected chi connectivity index (χ1v) is 7.50. The van der Waals surface area contributed by atoms with Gasteiger partial charge in [0.05, 0.1) is 6.61 Å². The van der Waals surface area contributed by atoms with Gasteiger partial charge in [-0.2, -0.15) is 0 Å². The van der Waals surface area contributed by atoms with E-state index in [0.717, 1.165) is 29.7 Å². The maximum absolute atomic E-state index is 11.5. The lowest BCUT2D eigenvalue weighted by molar-refractivity contribution is -0.128. The number of hydrogen-bond donors (Lipinski definition) is 1. The average Bonchev–Trinajstić information content (AvgIpc) is 2.35. The van der Waals surface area contributed by atoms with Crippen molar-refractivity contribution in [3.8, 4) is 5.75 Å². The van der Waals surface area contributed by atoms with E-state index in [1.54, 1.807) is 19.0 Å². The molecule has 1 rings (SSSR count). The van der Waals surface area contributed by atoms with Gasteiger partial charge in [0.2, 0.25) is 5.91 Å². The Kier molecular flexibility index (Phi) is 6.69. The van der Waals surface area contributed by atoms with Crippen LogP contribution < -0.4 is 10.5 Å². The summed E-state index contributed by atoms with van der Waals surface area (Å²) in [4.78, 5) is 13.1. The van der Waals surface area contributed by atoms with Gasteiger partial charge in [0.25, 0.3) is 0 Å². The molecule has 1 atom stereocenters. The van der Waals surface area contributed by atoms with E-state index in [-0.39, 0.29) is 11.9 Å². The van der Waals surface area contributed by atoms with E-state index >= 15 is 0 Å². The zero-order valence-electron chi connectivity index (χ0n) is 13.9. The van der Waals surface area contributed by atoms with E-state index < -0.39 is 0 Å². The number of ether oxygens (including phenoxy) is 1. The Bertz CT molecular complexity index is 459. The molecular formula is C17H28N2O2. The fourth-order valence-electron chi connectivity index (χ4n) is 2.38. The third-order valence-electron chi connectivity index (χ3n) is 3.36. The summed E-state index contributed by atoms with van der Waals surface area (Å²) in [5.74, 6) is 1.07. The summed E-state index contributed by atoms with van der Waals surface area (Å²) in [7, 11) is 3.54. The summed E-state index contributed by atoms with van der Waals surface area (Å²) in [6, 6.07) is 4.43. The number of aryl methyl sites for hydroxylation is 2. The number of carbonyl (C=O) groups is 1. The highest BCUT2D eigenvalue weighted by Crippen LogP contribution is 2.25. The second kappa shape index (κ2) is 8.03. The molecule has 1 aromatic carbocycles. The van der Waals surface area contributed by atoms with Crippen LogP contribution in [0.2, 0.25) is 0 Å². The third kappa shape index (κ3) is 5.76. The Labute approximate surface area is 128 Å². The van der Waals surface area contributed by atoms with Crippen molar-refractivity contribution in [3.63, 3.8) is 0 Å². The van der Waals surface area contributed by atoms with E-state index in [1.807, 2.05) is 6.92 Å². The quantitative estimate of drug-likeness (QED) is 0.785. The second-order valence-corrected chi connectivity index (χ2v) is 5.98. The van der Waals surface area contributed by atoms with Crippen molar-refractivity contribution in [2.24, 2.45) is 5.73 Å². The Hall–Kier alpha value is -1.55. The van der Waals surface area contributed by atoms with Crippen molar-refractivity contribution in [1.82, 2.24) is 4.90 Å². The highest BCUT2D eigenvalue weighted by molar-refractivity contribution is 5.75. The predicted molar refractivity (Wildman–Crippen MR) is 86.7 cm³/mol. The van der Waals surface area contributed by atoms with Crippen LogP contribution in [0.4, 0.5) is 0 Å². The van der Waals surface area contributed by atoms with Gasteiger partial charge < -0.3 is 15.4 Å². The van der Waals surface area contributed by atoms with Gasteiger partial charge in [-0.05, 0) is 50.3 Å². The van der Waals surface area contributed by atoms with Crippen LogP contribution in [-0.2, 0) is 11.2 Å². The minimum absolute atomic E-state index is 0.138. The third-order valence-corrected chi connectivity index (χ3v) is 3.36. The molecule has 0 aliphatic carbocycles. The summed E-state index contributed by atoms with van der Waals surface area (Å²) in [5, 5.41) is 0. The zero-order chi connectivity index (χ0) is 16.0. The first kappa shape index (κ1) is 17.5. The van der Waals surface area contributed by atoms with E-state index in [1.165, 1.54) is 5.56 Å². The van der Waals surface area contributed by atoms with Crippen molar-refractivity contribution in [2.75, 3.05) is 20.7 Å². The molecule has 1 amide bonds. The van der Waals surface area contributed by atoms with E-state index in [9.17, 15) is 4.79 Å². The molecular weight excluding hydrogens is 264 g/mol. The van der Waals surface area contributed by atoms with Gasteiger partial charge in [0, 0.05) is 26.6 Å². The summed E-state index contributed by atoms with van der Waals surface area (Å²) >= 11 is 0. The van der Waals surface area contributed by atoms with Crippen LogP contribution in [0.5, 0.6) is 5.75 Å². The molecule has 2 N–H and O–H groups in total. The molecule has 0 saturated heterocycles. The Balaban J connectivity index is 2.58. The Morgan fingerprint density at radius 3 is 2.33 bits per heavy atom. The van der Waals surface area contributed by atoms with Gasteiger partial charge in [-0.3, -0.25) is 4.79 Å². The van der Waals surface area contributed by atoms with E-state index in [4.69, 9.17) is 10.5 Å². The fourth-order valence-corrected chi connectivity index (χ4v) is 2.38. The van der Waals surface area contributed by atoms with Crippen LogP contribution in [0, 0.1) is 13.8 Å². The molecule has 0 aliphatic heterocycles. The van der Waals surface area contributed by atoms with Crippen LogP contribution >= 0.6 is 0 Å². The van der Waals surface area contributed by atoms with Gasteiger partial charge in [-0.1, -0.05) is 12.1 Å². The monoisotopic (exact) mass is 292 g/mol. The first-order valence-electron chi connectivity index (χ1n) is 7.50. The molecule has 0 spiro atoms. The number of nitrogens with zero attached hydrogens (tertiary/aromatic N) is 1. The molecule has 0 bridgehead atoms. The molecule has 118 valence electrons. The molecule has 0 saturated carbocycles. The lowest BCUT2D eigenvalue weighted by atomic mass is 10.0. The lowest BCUT2D eigenvalue weighted by Crippen LogP contribution is -2.21. The molecule has 0 radical (unpaired) electrons. The second-order valence-electron chi connectivity index (χ2n) is 5.98. The number of hydrogen-bond acceptors (Lipinski definition) is 3. The molecule has 21 heavy (non-hydrogen) atoms. The molecule has 1 aromatic rings. The Morgan fingerprint density at radius 2 is 1.86 bits per heavy atom. The molecule has 4 heteroatoms. The number of rotatable bonds is 7. The fraction of sp³-hybridized carbons (Fsp3) is 0.588. The van der Waals surface area contributed by atoms with Crippen LogP contribution in [-0.4, -0.2) is 37.6 Å². The van der Waals surface area contributed by atoms with Gasteiger partial charge in [-0.25, -0.2) is 0 Å². The summed E-state index contributed by atoms with van der Waals surface area (Å²) < 4.78 is 5.86. The van der Waals surface area contributed by atoms with Crippen LogP contribution in [0.1, 0.15) is 36.5 Å². The highest BCUT2D eigenvalue weighted by atomic mass is 16.5. The molecule has 0 aliphatic rings. The minimum atomic E-state index is 0.138. The number of benzene rings is 1. The summed E-state index contributed by atoms with van der Waals surface area (Å²) in [6.07, 6.45) is 2.13. The summed E-state index contributed by atoms with van der Waals surface area (Å²) in [6.45, 7) is 6.68. The standard InChI is InChI=1S/C17H28N2O2/c1-12-9-15(11-14(3)18)10-13(2)17(12)21-8-6-7-16(20)19(4)5/h9-10,14H,6-8,11,18H2,1-5H3. The normalized spacial score (nSPS) is 12.1. The van der Waals surface area contributed by atoms with Crippen molar-refractivity contribution in [2.45, 2.75) is 46.1 Å². The highest BCUT2D eigenvalue weighted by Gasteiger charge is 2.09. The maximum atomic E-state index is 11.5. The SMILES string of the molecule is Cc1cc(CC(C)N)cc(C)c1OCCCC(=O)N(C)C. The van der Waals surface area contributed by atoms with Gasteiger partial charge in [-0.15, -0.1) is 0 Å². The molecule has 0 aromatic heterocycles. The molecule has 4 nitrogen and oxygen atoms in total. The molecule has 1 unspecified atom stereocenters. The zero-order valence-corrected chi connectivity index (χ0v) is 13.9. The Morgan fingerprint density at radius 1 is 1.29 bits per heavy atom. The van der Waals surface area contributed by atoms with Crippen LogP contribution in [0.25, 0.3) is 0 Å². The van der Waals surface area contributed by atoms with Crippen molar-refractivity contribution in [3.05, 3.63) is 28.8 Å². The largest absolute Gasteiger partial charge is 0.493 e. The molecule has 0 heterocycles. The van der Waals surface area contributed by atoms with Gasteiger partial charge >= 0.3 is 0 Å². The number of amides is 1. The van der Waals surface area contributed by atoms with Crippen molar-refractivity contribution in [1.29, 1.82) is 0 Å². The smallest absolute Gasteiger partial charge is 0.222 e.